The van der Waals surface area contributed by atoms with Crippen LogP contribution in [-0.2, 0) is 9.53 Å². The van der Waals surface area contributed by atoms with E-state index in [9.17, 15) is 4.79 Å². The third-order valence-electron chi connectivity index (χ3n) is 7.31. The summed E-state index contributed by atoms with van der Waals surface area (Å²) in [6.45, 7) is 6.98. The minimum Gasteiger partial charge on any atom is -0.466 e. The molecule has 0 aromatic carbocycles. The van der Waals surface area contributed by atoms with Gasteiger partial charge < -0.3 is 4.74 Å². The number of hydrogen-bond acceptors (Lipinski definition) is 7. The van der Waals surface area contributed by atoms with Crippen molar-refractivity contribution in [3.63, 3.8) is 0 Å². The lowest BCUT2D eigenvalue weighted by Crippen LogP contribution is -2.15. The molecule has 0 saturated heterocycles. The van der Waals surface area contributed by atoms with E-state index in [1.165, 1.54) is 116 Å². The third kappa shape index (κ3) is 23.6. The first-order valence-corrected chi connectivity index (χ1v) is 19.2. The van der Waals surface area contributed by atoms with Crippen molar-refractivity contribution in [2.45, 2.75) is 184 Å². The zero-order chi connectivity index (χ0) is 29.8. The van der Waals surface area contributed by atoms with Crippen LogP contribution >= 0.6 is 35.1 Å². The van der Waals surface area contributed by atoms with Crippen molar-refractivity contribution in [1.82, 2.24) is 15.0 Å². The molecular formula is C33H60ClN3O2S2. The molecule has 1 aromatic heterocycles. The van der Waals surface area contributed by atoms with Gasteiger partial charge in [-0.2, -0.15) is 15.0 Å². The monoisotopic (exact) mass is 629 g/mol. The lowest BCUT2D eigenvalue weighted by atomic mass is 10.0. The number of carbonyl (C=O) groups excluding carboxylic acids is 1. The van der Waals surface area contributed by atoms with E-state index in [1.807, 2.05) is 6.92 Å². The summed E-state index contributed by atoms with van der Waals surface area (Å²) in [7, 11) is 0. The first kappa shape index (κ1) is 38.5. The number of unbranched alkanes of at least 4 members (excludes halogenated alkanes) is 18. The Balaban J connectivity index is 2.22. The topological polar surface area (TPSA) is 65.0 Å². The Labute approximate surface area is 266 Å². The van der Waals surface area contributed by atoms with Crippen LogP contribution in [0, 0.1) is 0 Å². The van der Waals surface area contributed by atoms with Gasteiger partial charge in [-0.15, -0.1) is 0 Å². The van der Waals surface area contributed by atoms with E-state index >= 15 is 0 Å². The summed E-state index contributed by atoms with van der Waals surface area (Å²) in [5, 5.41) is 1.62. The number of hydrogen-bond donors (Lipinski definition) is 0. The molecule has 0 aliphatic heterocycles. The largest absolute Gasteiger partial charge is 0.466 e. The van der Waals surface area contributed by atoms with Gasteiger partial charge in [-0.25, -0.2) is 0 Å². The fourth-order valence-electron chi connectivity index (χ4n) is 4.86. The van der Waals surface area contributed by atoms with Crippen LogP contribution in [0.3, 0.4) is 0 Å². The van der Waals surface area contributed by atoms with Gasteiger partial charge in [0, 0.05) is 11.0 Å². The summed E-state index contributed by atoms with van der Waals surface area (Å²) >= 11 is 9.46. The Morgan fingerprint density at radius 1 is 0.659 bits per heavy atom. The summed E-state index contributed by atoms with van der Waals surface area (Å²) in [6.07, 6.45) is 28.9. The average molecular weight is 630 g/mol. The highest BCUT2D eigenvalue weighted by Crippen LogP contribution is 2.29. The second kappa shape index (κ2) is 28.3. The molecule has 1 heterocycles. The molecule has 238 valence electrons. The minimum atomic E-state index is -0.141. The molecule has 1 unspecified atom stereocenters. The van der Waals surface area contributed by atoms with Gasteiger partial charge in [-0.1, -0.05) is 166 Å². The van der Waals surface area contributed by atoms with Crippen LogP contribution < -0.4 is 0 Å². The third-order valence-corrected chi connectivity index (χ3v) is 9.54. The SMILES string of the molecule is CCCCCCCCCCCCCCCCCCSc1nc(Cl)nc(SC(CCCCCC)CC(=O)OCCC)n1. The van der Waals surface area contributed by atoms with E-state index in [0.717, 1.165) is 31.4 Å². The predicted octanol–water partition coefficient (Wildman–Crippen LogP) is 11.7. The maximum Gasteiger partial charge on any atom is 0.306 e. The number of rotatable bonds is 29. The van der Waals surface area contributed by atoms with Gasteiger partial charge in [0.25, 0.3) is 0 Å². The van der Waals surface area contributed by atoms with Crippen molar-refractivity contribution in [3.05, 3.63) is 5.28 Å². The zero-order valence-electron chi connectivity index (χ0n) is 26.6. The van der Waals surface area contributed by atoms with Crippen molar-refractivity contribution < 1.29 is 9.53 Å². The van der Waals surface area contributed by atoms with Crippen LogP contribution in [0.2, 0.25) is 5.28 Å². The Morgan fingerprint density at radius 3 is 1.68 bits per heavy atom. The highest BCUT2D eigenvalue weighted by molar-refractivity contribution is 8.00. The molecule has 0 spiro atoms. The number of aromatic nitrogens is 3. The average Bonchev–Trinajstić information content (AvgIpc) is 2.95. The molecule has 1 aromatic rings. The zero-order valence-corrected chi connectivity index (χ0v) is 29.0. The summed E-state index contributed by atoms with van der Waals surface area (Å²) in [6, 6.07) is 0. The van der Waals surface area contributed by atoms with Crippen LogP contribution in [0.4, 0.5) is 0 Å². The molecule has 0 aliphatic carbocycles. The van der Waals surface area contributed by atoms with Gasteiger partial charge in [0.05, 0.1) is 13.0 Å². The number of halogens is 1. The van der Waals surface area contributed by atoms with E-state index < -0.39 is 0 Å². The smallest absolute Gasteiger partial charge is 0.306 e. The first-order valence-electron chi connectivity index (χ1n) is 17.0. The van der Waals surface area contributed by atoms with Gasteiger partial charge in [-0.05, 0) is 30.9 Å². The summed E-state index contributed by atoms with van der Waals surface area (Å²) in [5.41, 5.74) is 0. The van der Waals surface area contributed by atoms with Crippen molar-refractivity contribution in [2.24, 2.45) is 0 Å². The van der Waals surface area contributed by atoms with Gasteiger partial charge in [0.1, 0.15) is 0 Å². The van der Waals surface area contributed by atoms with Crippen LogP contribution in [0.25, 0.3) is 0 Å². The maximum absolute atomic E-state index is 12.3. The standard InChI is InChI=1S/C33H60ClN3O2S2/c1-4-7-9-11-12-13-14-15-16-17-18-19-20-21-22-24-27-40-32-35-31(34)36-33(37-32)41-29(25-23-10-8-5-2)28-30(38)39-26-6-3/h29H,4-28H2,1-3H3. The van der Waals surface area contributed by atoms with Gasteiger partial charge in [-0.3, -0.25) is 4.79 Å². The molecule has 0 N–H and O–H groups in total. The Kier molecular flexibility index (Phi) is 26.5. The van der Waals surface area contributed by atoms with Crippen LogP contribution in [0.1, 0.15) is 168 Å². The molecule has 5 nitrogen and oxygen atoms in total. The predicted molar refractivity (Wildman–Crippen MR) is 179 cm³/mol. The van der Waals surface area contributed by atoms with E-state index in [2.05, 4.69) is 28.8 Å². The van der Waals surface area contributed by atoms with Gasteiger partial charge in [0.15, 0.2) is 10.3 Å². The Bertz CT molecular complexity index is 757. The number of esters is 1. The highest BCUT2D eigenvalue weighted by atomic mass is 35.5. The minimum absolute atomic E-state index is 0.0906. The lowest BCUT2D eigenvalue weighted by molar-refractivity contribution is -0.143. The lowest BCUT2D eigenvalue weighted by Gasteiger charge is -2.15. The molecule has 0 amide bonds. The maximum atomic E-state index is 12.3. The fraction of sp³-hybridized carbons (Fsp3) is 0.879. The van der Waals surface area contributed by atoms with Crippen molar-refractivity contribution >= 4 is 41.1 Å². The summed E-state index contributed by atoms with van der Waals surface area (Å²) in [4.78, 5) is 25.7. The molecular weight excluding hydrogens is 570 g/mol. The molecule has 0 aliphatic rings. The van der Waals surface area contributed by atoms with Crippen LogP contribution in [-0.4, -0.2) is 38.5 Å². The molecule has 0 bridgehead atoms. The van der Waals surface area contributed by atoms with E-state index in [0.29, 0.717) is 23.3 Å². The second-order valence-corrected chi connectivity index (χ2v) is 14.0. The number of carbonyl (C=O) groups is 1. The van der Waals surface area contributed by atoms with Crippen LogP contribution in [0.15, 0.2) is 10.3 Å². The van der Waals surface area contributed by atoms with E-state index in [-0.39, 0.29) is 16.5 Å². The quantitative estimate of drug-likeness (QED) is 0.0496. The molecule has 41 heavy (non-hydrogen) atoms. The Hall–Kier alpha value is -0.530. The molecule has 8 heteroatoms. The second-order valence-electron chi connectivity index (χ2n) is 11.3. The van der Waals surface area contributed by atoms with E-state index in [4.69, 9.17) is 16.3 Å². The van der Waals surface area contributed by atoms with Gasteiger partial charge >= 0.3 is 5.97 Å². The number of ether oxygens (including phenoxy) is 1. The summed E-state index contributed by atoms with van der Waals surface area (Å²) in [5.74, 6) is 0.852. The van der Waals surface area contributed by atoms with Crippen molar-refractivity contribution in [1.29, 1.82) is 0 Å². The first-order chi connectivity index (χ1) is 20.1. The number of thioether (sulfide) groups is 2. The normalized spacial score (nSPS) is 12.1. The van der Waals surface area contributed by atoms with E-state index in [1.54, 1.807) is 23.5 Å². The molecule has 1 rings (SSSR count). The number of nitrogens with zero attached hydrogens (tertiary/aromatic N) is 3. The fourth-order valence-corrected chi connectivity index (χ4v) is 7.09. The molecule has 1 atom stereocenters. The Morgan fingerprint density at radius 2 is 1.15 bits per heavy atom. The molecule has 0 fully saturated rings. The van der Waals surface area contributed by atoms with Crippen molar-refractivity contribution in [2.75, 3.05) is 12.4 Å². The molecule has 0 saturated carbocycles. The summed E-state index contributed by atoms with van der Waals surface area (Å²) < 4.78 is 5.34. The van der Waals surface area contributed by atoms with Crippen LogP contribution in [0.5, 0.6) is 0 Å². The highest BCUT2D eigenvalue weighted by Gasteiger charge is 2.19. The molecule has 0 radical (unpaired) electrons. The van der Waals surface area contributed by atoms with Gasteiger partial charge in [0.2, 0.25) is 5.28 Å². The van der Waals surface area contributed by atoms with Crippen molar-refractivity contribution in [3.8, 4) is 0 Å².